The van der Waals surface area contributed by atoms with Crippen molar-refractivity contribution in [2.45, 2.75) is 44.9 Å². The van der Waals surface area contributed by atoms with Crippen LogP contribution < -0.4 is 0 Å². The predicted octanol–water partition coefficient (Wildman–Crippen LogP) is 2.11. The molecule has 76 valence electrons. The fraction of sp³-hybridized carbons (Fsp3) is 0.833. The van der Waals surface area contributed by atoms with Crippen molar-refractivity contribution in [3.8, 4) is 0 Å². The predicted molar refractivity (Wildman–Crippen MR) is 51.7 cm³/mol. The van der Waals surface area contributed by atoms with E-state index >= 15 is 0 Å². The molecule has 3 fully saturated rings. The minimum Gasteiger partial charge on any atom is -0.299 e. The first-order valence-electron chi connectivity index (χ1n) is 5.84. The highest BCUT2D eigenvalue weighted by molar-refractivity contribution is 6.13. The Bertz CT molecular complexity index is 307. The molecule has 0 aliphatic heterocycles. The minimum atomic E-state index is -0.459. The van der Waals surface area contributed by atoms with Crippen LogP contribution in [0.5, 0.6) is 0 Å². The van der Waals surface area contributed by atoms with E-state index in [4.69, 9.17) is 0 Å². The Morgan fingerprint density at radius 3 is 2.71 bits per heavy atom. The number of fused-ring (bicyclic) bond motifs is 2. The lowest BCUT2D eigenvalue weighted by atomic mass is 9.48. The van der Waals surface area contributed by atoms with E-state index in [-0.39, 0.29) is 11.7 Å². The van der Waals surface area contributed by atoms with Crippen molar-refractivity contribution in [2.75, 3.05) is 0 Å². The van der Waals surface area contributed by atoms with E-state index in [9.17, 15) is 9.59 Å². The molecule has 0 radical (unpaired) electrons. The minimum absolute atomic E-state index is 0.275. The first-order valence-corrected chi connectivity index (χ1v) is 5.84. The van der Waals surface area contributed by atoms with Crippen LogP contribution in [-0.4, -0.2) is 11.6 Å². The van der Waals surface area contributed by atoms with E-state index in [0.717, 1.165) is 38.5 Å². The van der Waals surface area contributed by atoms with Gasteiger partial charge in [0.15, 0.2) is 0 Å². The van der Waals surface area contributed by atoms with Gasteiger partial charge in [0.1, 0.15) is 11.6 Å². The molecule has 2 heteroatoms. The topological polar surface area (TPSA) is 34.1 Å². The van der Waals surface area contributed by atoms with Crippen molar-refractivity contribution in [1.29, 1.82) is 0 Å². The van der Waals surface area contributed by atoms with Crippen LogP contribution >= 0.6 is 0 Å². The van der Waals surface area contributed by atoms with Gasteiger partial charge in [0.05, 0.1) is 5.41 Å². The van der Waals surface area contributed by atoms with E-state index in [1.807, 2.05) is 0 Å². The molecule has 0 saturated heterocycles. The van der Waals surface area contributed by atoms with Crippen LogP contribution in [0.2, 0.25) is 0 Å². The van der Waals surface area contributed by atoms with Gasteiger partial charge in [-0.2, -0.15) is 0 Å². The van der Waals surface area contributed by atoms with Crippen molar-refractivity contribution in [3.05, 3.63) is 0 Å². The highest BCUT2D eigenvalue weighted by atomic mass is 16.2. The lowest BCUT2D eigenvalue weighted by Crippen LogP contribution is -2.60. The lowest BCUT2D eigenvalue weighted by Gasteiger charge is -2.51. The summed E-state index contributed by atoms with van der Waals surface area (Å²) in [7, 11) is 0. The van der Waals surface area contributed by atoms with Gasteiger partial charge in [0.2, 0.25) is 0 Å². The molecule has 1 spiro atoms. The number of hydrogen-bond acceptors (Lipinski definition) is 2. The lowest BCUT2D eigenvalue weighted by molar-refractivity contribution is -0.166. The molecule has 14 heavy (non-hydrogen) atoms. The van der Waals surface area contributed by atoms with Gasteiger partial charge in [0, 0.05) is 12.3 Å². The molecule has 2 nitrogen and oxygen atoms in total. The van der Waals surface area contributed by atoms with Crippen LogP contribution in [0, 0.1) is 17.3 Å². The molecule has 3 aliphatic carbocycles. The Kier molecular flexibility index (Phi) is 1.65. The Balaban J connectivity index is 1.95. The molecular weight excluding hydrogens is 176 g/mol. The normalized spacial score (nSPS) is 46.6. The summed E-state index contributed by atoms with van der Waals surface area (Å²) in [4.78, 5) is 23.9. The molecule has 0 N–H and O–H groups in total. The summed E-state index contributed by atoms with van der Waals surface area (Å²) < 4.78 is 0. The second-order valence-corrected chi connectivity index (χ2v) is 5.11. The maximum Gasteiger partial charge on any atom is 0.150 e. The van der Waals surface area contributed by atoms with Gasteiger partial charge in [-0.05, 0) is 31.6 Å². The quantitative estimate of drug-likeness (QED) is 0.551. The van der Waals surface area contributed by atoms with E-state index < -0.39 is 5.41 Å². The van der Waals surface area contributed by atoms with Crippen molar-refractivity contribution in [3.63, 3.8) is 0 Å². The van der Waals surface area contributed by atoms with Crippen LogP contribution in [-0.2, 0) is 9.59 Å². The third kappa shape index (κ3) is 0.783. The Hall–Kier alpha value is -0.660. The molecule has 3 saturated carbocycles. The van der Waals surface area contributed by atoms with Crippen LogP contribution in [0.15, 0.2) is 0 Å². The van der Waals surface area contributed by atoms with Gasteiger partial charge in [-0.1, -0.05) is 12.8 Å². The van der Waals surface area contributed by atoms with Gasteiger partial charge in [-0.3, -0.25) is 9.59 Å². The summed E-state index contributed by atoms with van der Waals surface area (Å²) in [5.41, 5.74) is -0.459. The second kappa shape index (κ2) is 2.68. The molecule has 3 aliphatic rings. The molecule has 0 aromatic heterocycles. The average molecular weight is 192 g/mol. The monoisotopic (exact) mass is 192 g/mol. The first-order chi connectivity index (χ1) is 6.77. The summed E-state index contributed by atoms with van der Waals surface area (Å²) in [5.74, 6) is 1.31. The molecule has 0 amide bonds. The number of ketones is 2. The molecule has 3 unspecified atom stereocenters. The molecule has 3 atom stereocenters. The van der Waals surface area contributed by atoms with E-state index in [0.29, 0.717) is 18.1 Å². The third-order valence-electron chi connectivity index (χ3n) is 4.65. The van der Waals surface area contributed by atoms with Crippen molar-refractivity contribution in [2.24, 2.45) is 17.3 Å². The van der Waals surface area contributed by atoms with Crippen molar-refractivity contribution in [1.82, 2.24) is 0 Å². The summed E-state index contributed by atoms with van der Waals surface area (Å²) in [6.45, 7) is 0. The smallest absolute Gasteiger partial charge is 0.150 e. The van der Waals surface area contributed by atoms with E-state index in [1.54, 1.807) is 0 Å². The van der Waals surface area contributed by atoms with E-state index in [1.165, 1.54) is 0 Å². The highest BCUT2D eigenvalue weighted by Gasteiger charge is 2.66. The standard InChI is InChI=1S/C12H16O2/c13-10-6-1-2-7-12(10)9-5-3-4-8(9)11(12)14/h8-9H,1-7H2. The number of rotatable bonds is 0. The molecule has 0 aromatic carbocycles. The molecule has 0 bridgehead atoms. The zero-order valence-corrected chi connectivity index (χ0v) is 8.42. The number of carbonyl (C=O) groups is 2. The van der Waals surface area contributed by atoms with Crippen molar-refractivity contribution >= 4 is 11.6 Å². The van der Waals surface area contributed by atoms with Crippen molar-refractivity contribution < 1.29 is 9.59 Å². The molecule has 0 heterocycles. The zero-order chi connectivity index (χ0) is 9.76. The number of carbonyl (C=O) groups excluding carboxylic acids is 2. The van der Waals surface area contributed by atoms with Gasteiger partial charge in [-0.25, -0.2) is 0 Å². The van der Waals surface area contributed by atoms with Crippen LogP contribution in [0.25, 0.3) is 0 Å². The molecule has 0 aromatic rings. The second-order valence-electron chi connectivity index (χ2n) is 5.11. The maximum atomic E-state index is 12.0. The maximum absolute atomic E-state index is 12.0. The Morgan fingerprint density at radius 1 is 1.07 bits per heavy atom. The fourth-order valence-corrected chi connectivity index (χ4v) is 3.99. The number of hydrogen-bond donors (Lipinski definition) is 0. The summed E-state index contributed by atoms with van der Waals surface area (Å²) >= 11 is 0. The van der Waals surface area contributed by atoms with Gasteiger partial charge < -0.3 is 0 Å². The Labute approximate surface area is 84.1 Å². The molecule has 3 rings (SSSR count). The summed E-state index contributed by atoms with van der Waals surface area (Å²) in [5, 5.41) is 0. The van der Waals surface area contributed by atoms with Crippen LogP contribution in [0.4, 0.5) is 0 Å². The van der Waals surface area contributed by atoms with Crippen LogP contribution in [0.3, 0.4) is 0 Å². The van der Waals surface area contributed by atoms with Crippen LogP contribution in [0.1, 0.15) is 44.9 Å². The summed E-state index contributed by atoms with van der Waals surface area (Å²) in [6.07, 6.45) is 6.96. The van der Waals surface area contributed by atoms with Gasteiger partial charge in [-0.15, -0.1) is 0 Å². The third-order valence-corrected chi connectivity index (χ3v) is 4.65. The number of Topliss-reactive ketones (excluding diaryl/α,β-unsaturated/α-hetero) is 2. The molecular formula is C12H16O2. The van der Waals surface area contributed by atoms with E-state index in [2.05, 4.69) is 0 Å². The Morgan fingerprint density at radius 2 is 1.93 bits per heavy atom. The van der Waals surface area contributed by atoms with Gasteiger partial charge in [0.25, 0.3) is 0 Å². The zero-order valence-electron chi connectivity index (χ0n) is 8.42. The van der Waals surface area contributed by atoms with Gasteiger partial charge >= 0.3 is 0 Å². The highest BCUT2D eigenvalue weighted by Crippen LogP contribution is 2.60. The summed E-state index contributed by atoms with van der Waals surface area (Å²) in [6, 6.07) is 0. The fourth-order valence-electron chi connectivity index (χ4n) is 3.99. The largest absolute Gasteiger partial charge is 0.299 e. The average Bonchev–Trinajstić information content (AvgIpc) is 2.64. The SMILES string of the molecule is O=C1CCCCC12C(=O)C1CCCC12. The first kappa shape index (κ1) is 8.63.